The van der Waals surface area contributed by atoms with Gasteiger partial charge in [0.2, 0.25) is 5.95 Å². The summed E-state index contributed by atoms with van der Waals surface area (Å²) < 4.78 is 0. The van der Waals surface area contributed by atoms with Crippen molar-refractivity contribution in [2.45, 2.75) is 32.4 Å². The molecule has 0 spiro atoms. The van der Waals surface area contributed by atoms with Gasteiger partial charge in [-0.3, -0.25) is 0 Å². The number of aliphatic hydroxyl groups is 1. The number of rotatable bonds is 5. The molecule has 1 aliphatic rings. The van der Waals surface area contributed by atoms with E-state index in [1.54, 1.807) is 0 Å². The fraction of sp³-hybridized carbons (Fsp3) is 0.444. The van der Waals surface area contributed by atoms with Gasteiger partial charge < -0.3 is 15.3 Å². The van der Waals surface area contributed by atoms with Crippen molar-refractivity contribution in [3.05, 3.63) is 42.2 Å². The standard InChI is InChI=1S/C18H24N4O/c1-2-19-11-14-4-3-5-15(10-14)16-12-20-18(21-13-16)22-8-6-17(23)7-9-22/h3-5,10,12-13,17,19,23H,2,6-9,11H2,1H3. The number of piperidine rings is 1. The molecule has 1 aromatic heterocycles. The molecule has 0 amide bonds. The summed E-state index contributed by atoms with van der Waals surface area (Å²) >= 11 is 0. The Labute approximate surface area is 137 Å². The van der Waals surface area contributed by atoms with Crippen molar-refractivity contribution in [1.29, 1.82) is 0 Å². The molecule has 0 unspecified atom stereocenters. The second-order valence-corrected chi connectivity index (χ2v) is 5.97. The molecule has 0 radical (unpaired) electrons. The summed E-state index contributed by atoms with van der Waals surface area (Å²) in [7, 11) is 0. The molecule has 1 aromatic carbocycles. The van der Waals surface area contributed by atoms with Gasteiger partial charge in [-0.15, -0.1) is 0 Å². The fourth-order valence-corrected chi connectivity index (χ4v) is 2.83. The van der Waals surface area contributed by atoms with E-state index in [0.29, 0.717) is 0 Å². The molecule has 5 heteroatoms. The van der Waals surface area contributed by atoms with Crippen LogP contribution in [0.3, 0.4) is 0 Å². The summed E-state index contributed by atoms with van der Waals surface area (Å²) in [4.78, 5) is 11.2. The van der Waals surface area contributed by atoms with E-state index in [2.05, 4.69) is 51.4 Å². The first-order valence-corrected chi connectivity index (χ1v) is 8.31. The van der Waals surface area contributed by atoms with Gasteiger partial charge in [0, 0.05) is 37.6 Å². The molecule has 0 bridgehead atoms. The van der Waals surface area contributed by atoms with Crippen molar-refractivity contribution < 1.29 is 5.11 Å². The van der Waals surface area contributed by atoms with Gasteiger partial charge in [-0.1, -0.05) is 25.1 Å². The lowest BCUT2D eigenvalue weighted by Crippen LogP contribution is -2.36. The Morgan fingerprint density at radius 1 is 1.17 bits per heavy atom. The second-order valence-electron chi connectivity index (χ2n) is 5.97. The van der Waals surface area contributed by atoms with E-state index in [4.69, 9.17) is 0 Å². The molecular weight excluding hydrogens is 288 g/mol. The molecular formula is C18H24N4O. The number of nitrogens with one attached hydrogen (secondary N) is 1. The van der Waals surface area contributed by atoms with Gasteiger partial charge in [-0.2, -0.15) is 0 Å². The SMILES string of the molecule is CCNCc1cccc(-c2cnc(N3CCC(O)CC3)nc2)c1. The summed E-state index contributed by atoms with van der Waals surface area (Å²) in [5.41, 5.74) is 3.43. The van der Waals surface area contributed by atoms with Crippen LogP contribution in [0.4, 0.5) is 5.95 Å². The van der Waals surface area contributed by atoms with Gasteiger partial charge >= 0.3 is 0 Å². The van der Waals surface area contributed by atoms with Crippen LogP contribution in [0.1, 0.15) is 25.3 Å². The van der Waals surface area contributed by atoms with Crippen molar-refractivity contribution in [3.63, 3.8) is 0 Å². The zero-order chi connectivity index (χ0) is 16.1. The highest BCUT2D eigenvalue weighted by Crippen LogP contribution is 2.21. The summed E-state index contributed by atoms with van der Waals surface area (Å²) in [5, 5.41) is 12.9. The quantitative estimate of drug-likeness (QED) is 0.886. The normalized spacial score (nSPS) is 15.8. The van der Waals surface area contributed by atoms with Crippen LogP contribution < -0.4 is 10.2 Å². The third-order valence-corrected chi connectivity index (χ3v) is 4.22. The number of hydrogen-bond acceptors (Lipinski definition) is 5. The Morgan fingerprint density at radius 3 is 2.61 bits per heavy atom. The molecule has 1 fully saturated rings. The third-order valence-electron chi connectivity index (χ3n) is 4.22. The summed E-state index contributed by atoms with van der Waals surface area (Å²) in [6.07, 6.45) is 5.18. The number of aromatic nitrogens is 2. The van der Waals surface area contributed by atoms with Crippen LogP contribution in [0.25, 0.3) is 11.1 Å². The van der Waals surface area contributed by atoms with Crippen LogP contribution in [0.5, 0.6) is 0 Å². The van der Waals surface area contributed by atoms with Crippen molar-refractivity contribution in [1.82, 2.24) is 15.3 Å². The van der Waals surface area contributed by atoms with E-state index >= 15 is 0 Å². The zero-order valence-electron chi connectivity index (χ0n) is 13.6. The molecule has 2 heterocycles. The van der Waals surface area contributed by atoms with Gasteiger partial charge in [0.25, 0.3) is 0 Å². The smallest absolute Gasteiger partial charge is 0.225 e. The zero-order valence-corrected chi connectivity index (χ0v) is 13.6. The van der Waals surface area contributed by atoms with Gasteiger partial charge in [0.1, 0.15) is 0 Å². The van der Waals surface area contributed by atoms with Crippen LogP contribution in [-0.2, 0) is 6.54 Å². The van der Waals surface area contributed by atoms with Gasteiger partial charge in [0.05, 0.1) is 6.10 Å². The number of anilines is 1. The number of nitrogens with zero attached hydrogens (tertiary/aromatic N) is 3. The maximum absolute atomic E-state index is 9.58. The van der Waals surface area contributed by atoms with E-state index in [0.717, 1.165) is 56.1 Å². The molecule has 23 heavy (non-hydrogen) atoms. The highest BCUT2D eigenvalue weighted by molar-refractivity contribution is 5.63. The Hall–Kier alpha value is -1.98. The monoisotopic (exact) mass is 312 g/mol. The maximum atomic E-state index is 9.58. The minimum absolute atomic E-state index is 0.176. The number of hydrogen-bond donors (Lipinski definition) is 2. The molecule has 0 aliphatic carbocycles. The molecule has 3 rings (SSSR count). The lowest BCUT2D eigenvalue weighted by molar-refractivity contribution is 0.145. The van der Waals surface area contributed by atoms with Gasteiger partial charge in [-0.05, 0) is 36.6 Å². The average molecular weight is 312 g/mol. The van der Waals surface area contributed by atoms with Gasteiger partial charge in [0.15, 0.2) is 0 Å². The molecule has 5 nitrogen and oxygen atoms in total. The topological polar surface area (TPSA) is 61.3 Å². The van der Waals surface area contributed by atoms with Crippen LogP contribution in [0.2, 0.25) is 0 Å². The summed E-state index contributed by atoms with van der Waals surface area (Å²) in [5.74, 6) is 0.754. The lowest BCUT2D eigenvalue weighted by atomic mass is 10.1. The van der Waals surface area contributed by atoms with E-state index in [-0.39, 0.29) is 6.10 Å². The van der Waals surface area contributed by atoms with E-state index in [9.17, 15) is 5.11 Å². The van der Waals surface area contributed by atoms with E-state index in [1.165, 1.54) is 5.56 Å². The highest BCUT2D eigenvalue weighted by Gasteiger charge is 2.18. The third kappa shape index (κ3) is 4.06. The molecule has 2 N–H and O–H groups in total. The largest absolute Gasteiger partial charge is 0.393 e. The Kier molecular flexibility index (Phi) is 5.20. The van der Waals surface area contributed by atoms with Crippen molar-refractivity contribution in [2.75, 3.05) is 24.5 Å². The Bertz CT molecular complexity index is 621. The first-order chi connectivity index (χ1) is 11.3. The average Bonchev–Trinajstić information content (AvgIpc) is 2.61. The summed E-state index contributed by atoms with van der Waals surface area (Å²) in [6, 6.07) is 8.46. The van der Waals surface area contributed by atoms with Crippen molar-refractivity contribution in [2.24, 2.45) is 0 Å². The molecule has 0 saturated carbocycles. The maximum Gasteiger partial charge on any atom is 0.225 e. The van der Waals surface area contributed by atoms with Crippen molar-refractivity contribution in [3.8, 4) is 11.1 Å². The molecule has 122 valence electrons. The fourth-order valence-electron chi connectivity index (χ4n) is 2.83. The Morgan fingerprint density at radius 2 is 1.91 bits per heavy atom. The molecule has 0 atom stereocenters. The van der Waals surface area contributed by atoms with E-state index in [1.807, 2.05) is 12.4 Å². The number of aliphatic hydroxyl groups excluding tert-OH is 1. The second kappa shape index (κ2) is 7.53. The highest BCUT2D eigenvalue weighted by atomic mass is 16.3. The predicted octanol–water partition coefficient (Wildman–Crippen LogP) is 2.21. The van der Waals surface area contributed by atoms with Crippen LogP contribution >= 0.6 is 0 Å². The minimum atomic E-state index is -0.176. The molecule has 1 aliphatic heterocycles. The van der Waals surface area contributed by atoms with Gasteiger partial charge in [-0.25, -0.2) is 9.97 Å². The van der Waals surface area contributed by atoms with E-state index < -0.39 is 0 Å². The van der Waals surface area contributed by atoms with Crippen molar-refractivity contribution >= 4 is 5.95 Å². The first-order valence-electron chi connectivity index (χ1n) is 8.31. The van der Waals surface area contributed by atoms with Crippen LogP contribution in [-0.4, -0.2) is 40.8 Å². The Balaban J connectivity index is 1.72. The summed E-state index contributed by atoms with van der Waals surface area (Å²) in [6.45, 7) is 5.58. The predicted molar refractivity (Wildman–Crippen MR) is 92.3 cm³/mol. The lowest BCUT2D eigenvalue weighted by Gasteiger charge is -2.29. The number of benzene rings is 1. The first kappa shape index (κ1) is 15.9. The minimum Gasteiger partial charge on any atom is -0.393 e. The van der Waals surface area contributed by atoms with Crippen LogP contribution in [0, 0.1) is 0 Å². The molecule has 1 saturated heterocycles. The van der Waals surface area contributed by atoms with Crippen LogP contribution in [0.15, 0.2) is 36.7 Å². The molecule has 2 aromatic rings.